The molecule has 0 unspecified atom stereocenters. The molecule has 0 radical (unpaired) electrons. The van der Waals surface area contributed by atoms with Gasteiger partial charge < -0.3 is 0 Å². The summed E-state index contributed by atoms with van der Waals surface area (Å²) in [5, 5.41) is 15.5. The van der Waals surface area contributed by atoms with Crippen molar-refractivity contribution in [1.29, 1.82) is 5.41 Å². The van der Waals surface area contributed by atoms with Crippen LogP contribution in [-0.2, 0) is 0 Å². The van der Waals surface area contributed by atoms with Crippen molar-refractivity contribution in [1.82, 2.24) is 5.01 Å². The van der Waals surface area contributed by atoms with Crippen molar-refractivity contribution in [2.45, 2.75) is 19.9 Å². The van der Waals surface area contributed by atoms with Crippen molar-refractivity contribution >= 4 is 6.34 Å². The lowest BCUT2D eigenvalue weighted by Gasteiger charge is -2.13. The van der Waals surface area contributed by atoms with Gasteiger partial charge in [-0.1, -0.05) is 5.22 Å². The number of hydrogen-bond acceptors (Lipinski definition) is 3. The highest BCUT2D eigenvalue weighted by Crippen LogP contribution is 1.93. The predicted octanol–water partition coefficient (Wildman–Crippen LogP) is 1.30. The second-order valence-electron chi connectivity index (χ2n) is 1.89. The van der Waals surface area contributed by atoms with E-state index in [1.54, 1.807) is 7.05 Å². The Morgan fingerprint density at radius 3 is 2.22 bits per heavy atom. The third-order valence-electron chi connectivity index (χ3n) is 0.854. The van der Waals surface area contributed by atoms with Crippen LogP contribution in [0.5, 0.6) is 0 Å². The van der Waals surface area contributed by atoms with E-state index < -0.39 is 0 Å². The minimum absolute atomic E-state index is 0.214. The molecule has 0 aliphatic rings. The lowest BCUT2D eigenvalue weighted by Crippen LogP contribution is -2.22. The third kappa shape index (κ3) is 2.79. The van der Waals surface area contributed by atoms with E-state index in [1.807, 2.05) is 13.8 Å². The van der Waals surface area contributed by atoms with Crippen LogP contribution in [-0.4, -0.2) is 24.4 Å². The van der Waals surface area contributed by atoms with E-state index >= 15 is 0 Å². The van der Waals surface area contributed by atoms with Crippen LogP contribution in [0.2, 0.25) is 0 Å². The lowest BCUT2D eigenvalue weighted by atomic mass is 10.4. The SMILES string of the molecule is C/N=N\N(C=N)C(C)C. The zero-order chi connectivity index (χ0) is 7.28. The molecule has 0 saturated carbocycles. The molecule has 0 aliphatic carbocycles. The van der Waals surface area contributed by atoms with Gasteiger partial charge in [0.1, 0.15) is 6.34 Å². The molecule has 1 N–H and O–H groups in total. The number of nitrogens with zero attached hydrogens (tertiary/aromatic N) is 3. The van der Waals surface area contributed by atoms with Crippen molar-refractivity contribution in [2.24, 2.45) is 10.3 Å². The molecule has 4 nitrogen and oxygen atoms in total. The second-order valence-corrected chi connectivity index (χ2v) is 1.89. The molecule has 0 aromatic rings. The Labute approximate surface area is 55.1 Å². The van der Waals surface area contributed by atoms with Gasteiger partial charge in [0, 0.05) is 6.04 Å². The lowest BCUT2D eigenvalue weighted by molar-refractivity contribution is 0.353. The van der Waals surface area contributed by atoms with Crippen LogP contribution in [0.25, 0.3) is 0 Å². The van der Waals surface area contributed by atoms with E-state index in [0.717, 1.165) is 6.34 Å². The molecular weight excluding hydrogens is 116 g/mol. The van der Waals surface area contributed by atoms with Crippen LogP contribution in [0.4, 0.5) is 0 Å². The molecular formula is C5H12N4. The predicted molar refractivity (Wildman–Crippen MR) is 36.5 cm³/mol. The van der Waals surface area contributed by atoms with Crippen LogP contribution in [0.15, 0.2) is 10.3 Å². The minimum atomic E-state index is 0.214. The summed E-state index contributed by atoms with van der Waals surface area (Å²) in [6.07, 6.45) is 1.15. The first-order valence-electron chi connectivity index (χ1n) is 2.81. The Kier molecular flexibility index (Phi) is 3.59. The van der Waals surface area contributed by atoms with Crippen LogP contribution < -0.4 is 0 Å². The second kappa shape index (κ2) is 4.00. The Bertz CT molecular complexity index is 108. The topological polar surface area (TPSA) is 51.8 Å². The highest BCUT2D eigenvalue weighted by Gasteiger charge is 1.99. The van der Waals surface area contributed by atoms with Gasteiger partial charge in [0.25, 0.3) is 0 Å². The maximum absolute atomic E-state index is 6.84. The Hall–Kier alpha value is -0.930. The number of nitrogens with one attached hydrogen (secondary N) is 1. The first-order chi connectivity index (χ1) is 4.22. The fourth-order valence-corrected chi connectivity index (χ4v) is 0.381. The summed E-state index contributed by atoms with van der Waals surface area (Å²) in [7, 11) is 1.58. The zero-order valence-corrected chi connectivity index (χ0v) is 6.00. The summed E-state index contributed by atoms with van der Waals surface area (Å²) < 4.78 is 0. The average molecular weight is 128 g/mol. The van der Waals surface area contributed by atoms with Crippen LogP contribution >= 0.6 is 0 Å². The van der Waals surface area contributed by atoms with Crippen LogP contribution in [0.3, 0.4) is 0 Å². The smallest absolute Gasteiger partial charge is 0.105 e. The molecule has 0 heterocycles. The fraction of sp³-hybridized carbons (Fsp3) is 0.800. The monoisotopic (exact) mass is 128 g/mol. The van der Waals surface area contributed by atoms with E-state index in [4.69, 9.17) is 5.41 Å². The highest BCUT2D eigenvalue weighted by atomic mass is 15.5. The standard InChI is InChI=1S/C5H12N4/c1-5(2)9(4-6)8-7-3/h4-6H,1-3H3/b6-4?,8-7-. The van der Waals surface area contributed by atoms with Gasteiger partial charge >= 0.3 is 0 Å². The van der Waals surface area contributed by atoms with Crippen molar-refractivity contribution in [3.63, 3.8) is 0 Å². The molecule has 0 atom stereocenters. The summed E-state index contributed by atoms with van der Waals surface area (Å²) in [5.41, 5.74) is 0. The van der Waals surface area contributed by atoms with E-state index in [9.17, 15) is 0 Å². The number of rotatable bonds is 3. The Morgan fingerprint density at radius 1 is 1.56 bits per heavy atom. The Balaban J connectivity index is 3.82. The molecule has 0 amide bonds. The van der Waals surface area contributed by atoms with Crippen molar-refractivity contribution < 1.29 is 0 Å². The van der Waals surface area contributed by atoms with E-state index in [0.29, 0.717) is 0 Å². The summed E-state index contributed by atoms with van der Waals surface area (Å²) in [5.74, 6) is 0. The van der Waals surface area contributed by atoms with Gasteiger partial charge in [0.2, 0.25) is 0 Å². The maximum Gasteiger partial charge on any atom is 0.105 e. The maximum atomic E-state index is 6.84. The average Bonchev–Trinajstić information content (AvgIpc) is 1.82. The summed E-state index contributed by atoms with van der Waals surface area (Å²) in [6, 6.07) is 0.214. The summed E-state index contributed by atoms with van der Waals surface area (Å²) in [4.78, 5) is 0. The fourth-order valence-electron chi connectivity index (χ4n) is 0.381. The molecule has 0 aromatic carbocycles. The molecule has 0 fully saturated rings. The molecule has 4 heteroatoms. The van der Waals surface area contributed by atoms with Gasteiger partial charge in [0.15, 0.2) is 0 Å². The summed E-state index contributed by atoms with van der Waals surface area (Å²) >= 11 is 0. The van der Waals surface area contributed by atoms with Gasteiger partial charge in [-0.2, -0.15) is 5.11 Å². The summed E-state index contributed by atoms with van der Waals surface area (Å²) in [6.45, 7) is 3.89. The van der Waals surface area contributed by atoms with Gasteiger partial charge in [-0.05, 0) is 13.8 Å². The first kappa shape index (κ1) is 8.07. The molecule has 0 bridgehead atoms. The molecule has 0 spiro atoms. The van der Waals surface area contributed by atoms with E-state index in [2.05, 4.69) is 10.3 Å². The van der Waals surface area contributed by atoms with Gasteiger partial charge in [0.05, 0.1) is 7.05 Å². The largest absolute Gasteiger partial charge is 0.290 e. The van der Waals surface area contributed by atoms with E-state index in [-0.39, 0.29) is 6.04 Å². The molecule has 0 aliphatic heterocycles. The Morgan fingerprint density at radius 2 is 2.11 bits per heavy atom. The van der Waals surface area contributed by atoms with E-state index in [1.165, 1.54) is 5.01 Å². The quantitative estimate of drug-likeness (QED) is 0.265. The highest BCUT2D eigenvalue weighted by molar-refractivity contribution is 5.50. The first-order valence-corrected chi connectivity index (χ1v) is 2.81. The minimum Gasteiger partial charge on any atom is -0.290 e. The zero-order valence-electron chi connectivity index (χ0n) is 6.00. The van der Waals surface area contributed by atoms with Gasteiger partial charge in [-0.25, -0.2) is 5.01 Å². The third-order valence-corrected chi connectivity index (χ3v) is 0.854. The van der Waals surface area contributed by atoms with Crippen molar-refractivity contribution in [2.75, 3.05) is 7.05 Å². The van der Waals surface area contributed by atoms with Gasteiger partial charge in [-0.15, -0.1) is 0 Å². The molecule has 9 heavy (non-hydrogen) atoms. The molecule has 0 rings (SSSR count). The molecule has 52 valence electrons. The molecule has 0 saturated heterocycles. The normalized spacial score (nSPS) is 10.7. The molecule has 0 aromatic heterocycles. The van der Waals surface area contributed by atoms with Crippen molar-refractivity contribution in [3.05, 3.63) is 0 Å². The van der Waals surface area contributed by atoms with Crippen molar-refractivity contribution in [3.8, 4) is 0 Å². The van der Waals surface area contributed by atoms with Gasteiger partial charge in [-0.3, -0.25) is 5.41 Å². The van der Waals surface area contributed by atoms with Crippen LogP contribution in [0.1, 0.15) is 13.8 Å². The van der Waals surface area contributed by atoms with Crippen LogP contribution in [0, 0.1) is 5.41 Å². The number of hydrogen-bond donors (Lipinski definition) is 1.